The summed E-state index contributed by atoms with van der Waals surface area (Å²) in [7, 11) is 1.30. The van der Waals surface area contributed by atoms with Gasteiger partial charge < -0.3 is 29.1 Å². The van der Waals surface area contributed by atoms with Crippen LogP contribution in [0.5, 0.6) is 0 Å². The van der Waals surface area contributed by atoms with Gasteiger partial charge in [-0.1, -0.05) is 125 Å². The molecule has 0 aromatic rings. The average molecular weight is 867 g/mol. The first-order chi connectivity index (χ1) is 28.8. The van der Waals surface area contributed by atoms with Crippen LogP contribution in [-0.2, 0) is 32.7 Å². The predicted molar refractivity (Wildman–Crippen MR) is 245 cm³/mol. The third kappa shape index (κ3) is 40.8. The number of hydrogen-bond acceptors (Lipinski definition) is 9. The maximum atomic E-state index is 12.7. The first kappa shape index (κ1) is 57.4. The first-order valence-corrected chi connectivity index (χ1v) is 24.3. The molecule has 0 saturated heterocycles. The molecule has 0 aromatic heterocycles. The van der Waals surface area contributed by atoms with Gasteiger partial charge in [0.1, 0.15) is 19.8 Å². The number of esters is 2. The minimum Gasteiger partial charge on any atom is -0.462 e. The molecule has 11 nitrogen and oxygen atoms in total. The summed E-state index contributed by atoms with van der Waals surface area (Å²) in [6.07, 6.45) is 41.2. The fourth-order valence-electron chi connectivity index (χ4n) is 5.65. The molecular formula is C48H85NO10P+. The molecule has 4 atom stereocenters. The second-order valence-electron chi connectivity index (χ2n) is 16.4. The second-order valence-corrected chi connectivity index (χ2v) is 17.8. The Bertz CT molecular complexity index is 1290. The topological polar surface area (TPSA) is 149 Å². The quantitative estimate of drug-likeness (QED) is 0.0179. The third-order valence-electron chi connectivity index (χ3n) is 9.41. The second kappa shape index (κ2) is 39.2. The lowest BCUT2D eigenvalue weighted by atomic mass is 10.0. The van der Waals surface area contributed by atoms with E-state index in [1.54, 1.807) is 0 Å². The molecule has 0 aliphatic heterocycles. The highest BCUT2D eigenvalue weighted by Gasteiger charge is 2.27. The Morgan fingerprint density at radius 3 is 1.60 bits per heavy atom. The van der Waals surface area contributed by atoms with Crippen molar-refractivity contribution in [2.45, 2.75) is 173 Å². The maximum absolute atomic E-state index is 12.7. The molecule has 0 aliphatic carbocycles. The van der Waals surface area contributed by atoms with Crippen molar-refractivity contribution in [3.8, 4) is 0 Å². The molecule has 0 heterocycles. The van der Waals surface area contributed by atoms with Gasteiger partial charge in [-0.15, -0.1) is 0 Å². The lowest BCUT2D eigenvalue weighted by molar-refractivity contribution is -0.870. The number of carbonyl (C=O) groups excluding carboxylic acids is 2. The third-order valence-corrected chi connectivity index (χ3v) is 10.4. The Labute approximate surface area is 364 Å². The van der Waals surface area contributed by atoms with Crippen molar-refractivity contribution in [3.05, 3.63) is 72.9 Å². The number of carbonyl (C=O) groups is 2. The molecule has 0 bridgehead atoms. The van der Waals surface area contributed by atoms with E-state index in [-0.39, 0.29) is 38.9 Å². The molecule has 0 fully saturated rings. The van der Waals surface area contributed by atoms with Gasteiger partial charge in [0.2, 0.25) is 0 Å². The van der Waals surface area contributed by atoms with Crippen molar-refractivity contribution < 1.29 is 52.3 Å². The van der Waals surface area contributed by atoms with E-state index in [0.717, 1.165) is 64.2 Å². The van der Waals surface area contributed by atoms with Crippen LogP contribution in [-0.4, -0.2) is 97.3 Å². The summed E-state index contributed by atoms with van der Waals surface area (Å²) in [5, 5.41) is 20.7. The largest absolute Gasteiger partial charge is 0.472 e. The predicted octanol–water partition coefficient (Wildman–Crippen LogP) is 11.0. The Morgan fingerprint density at radius 2 is 1.07 bits per heavy atom. The van der Waals surface area contributed by atoms with Gasteiger partial charge in [-0.25, -0.2) is 4.57 Å². The van der Waals surface area contributed by atoms with Gasteiger partial charge in [-0.05, 0) is 89.9 Å². The number of aliphatic hydroxyl groups excluding tert-OH is 2. The molecule has 0 aliphatic rings. The van der Waals surface area contributed by atoms with E-state index in [9.17, 15) is 29.3 Å². The number of unbranched alkanes of at least 4 members (excludes halogenated alkanes) is 10. The number of aliphatic hydroxyl groups is 2. The molecule has 0 spiro atoms. The molecule has 3 unspecified atom stereocenters. The number of ether oxygens (including phenoxy) is 2. The zero-order valence-electron chi connectivity index (χ0n) is 38.1. The van der Waals surface area contributed by atoms with E-state index in [4.69, 9.17) is 18.5 Å². The Balaban J connectivity index is 4.64. The van der Waals surface area contributed by atoms with Crippen LogP contribution in [0.15, 0.2) is 72.9 Å². The highest BCUT2D eigenvalue weighted by molar-refractivity contribution is 7.47. The normalized spacial score (nSPS) is 15.3. The summed E-state index contributed by atoms with van der Waals surface area (Å²) in [6.45, 7) is 3.98. The molecule has 0 radical (unpaired) electrons. The van der Waals surface area contributed by atoms with Crippen molar-refractivity contribution in [2.24, 2.45) is 0 Å². The zero-order valence-corrected chi connectivity index (χ0v) is 39.0. The number of phosphoric ester groups is 1. The van der Waals surface area contributed by atoms with Gasteiger partial charge in [0.15, 0.2) is 6.10 Å². The van der Waals surface area contributed by atoms with Crippen molar-refractivity contribution in [2.75, 3.05) is 47.5 Å². The van der Waals surface area contributed by atoms with Crippen LogP contribution in [0.1, 0.15) is 155 Å². The van der Waals surface area contributed by atoms with Crippen LogP contribution in [0.25, 0.3) is 0 Å². The molecule has 3 N–H and O–H groups in total. The summed E-state index contributed by atoms with van der Waals surface area (Å²) >= 11 is 0. The number of allylic oxidation sites excluding steroid dienone is 11. The molecule has 12 heteroatoms. The Hall–Kier alpha value is -2.63. The molecule has 0 rings (SSSR count). The van der Waals surface area contributed by atoms with Crippen molar-refractivity contribution >= 4 is 19.8 Å². The molecular weight excluding hydrogens is 781 g/mol. The Morgan fingerprint density at radius 1 is 0.583 bits per heavy atom. The van der Waals surface area contributed by atoms with Crippen LogP contribution >= 0.6 is 7.82 Å². The highest BCUT2D eigenvalue weighted by Crippen LogP contribution is 2.43. The van der Waals surface area contributed by atoms with Gasteiger partial charge in [0.25, 0.3) is 0 Å². The Kier molecular flexibility index (Phi) is 37.5. The lowest BCUT2D eigenvalue weighted by Crippen LogP contribution is -2.37. The summed E-state index contributed by atoms with van der Waals surface area (Å²) in [5.41, 5.74) is 0. The minimum absolute atomic E-state index is 0.0216. The van der Waals surface area contributed by atoms with Crippen LogP contribution in [0.3, 0.4) is 0 Å². The average Bonchev–Trinajstić information content (AvgIpc) is 3.19. The summed E-state index contributed by atoms with van der Waals surface area (Å²) in [6, 6.07) is 0. The number of hydrogen-bond donors (Lipinski definition) is 3. The van der Waals surface area contributed by atoms with Gasteiger partial charge in [0, 0.05) is 12.8 Å². The molecule has 0 saturated carbocycles. The van der Waals surface area contributed by atoms with E-state index in [2.05, 4.69) is 74.6 Å². The van der Waals surface area contributed by atoms with Crippen LogP contribution in [0, 0.1) is 0 Å². The summed E-state index contributed by atoms with van der Waals surface area (Å²) in [5.74, 6) is -1.12. The van der Waals surface area contributed by atoms with E-state index in [1.807, 2.05) is 33.3 Å². The van der Waals surface area contributed by atoms with Crippen molar-refractivity contribution in [1.82, 2.24) is 0 Å². The molecule has 60 heavy (non-hydrogen) atoms. The monoisotopic (exact) mass is 867 g/mol. The van der Waals surface area contributed by atoms with Crippen LogP contribution in [0.2, 0.25) is 0 Å². The number of nitrogens with zero attached hydrogens (tertiary/aromatic N) is 1. The fraction of sp³-hybridized carbons (Fsp3) is 0.708. The SMILES string of the molecule is CCCCC/C=C\C/C=C\C/C=C\CCCCCCC(=O)O[C@H](COC(=O)CCCC(O)C(O)C/C=C\C/C=C\C/C=C\CCCCC)COP(=O)(O)OCC[N+](C)(C)C. The van der Waals surface area contributed by atoms with Crippen LogP contribution < -0.4 is 0 Å². The van der Waals surface area contributed by atoms with Crippen LogP contribution in [0.4, 0.5) is 0 Å². The fourth-order valence-corrected chi connectivity index (χ4v) is 6.39. The minimum atomic E-state index is -4.46. The molecule has 0 aromatic carbocycles. The maximum Gasteiger partial charge on any atom is 0.472 e. The van der Waals surface area contributed by atoms with Gasteiger partial charge in [-0.2, -0.15) is 0 Å². The lowest BCUT2D eigenvalue weighted by Gasteiger charge is -2.24. The van der Waals surface area contributed by atoms with Crippen molar-refractivity contribution in [1.29, 1.82) is 0 Å². The number of rotatable bonds is 40. The van der Waals surface area contributed by atoms with E-state index in [1.165, 1.54) is 38.5 Å². The standard InChI is InChI=1S/C48H84NO10P/c1-6-8-10-12-14-16-18-20-21-22-23-24-26-28-30-32-34-38-48(53)59-44(43-58-60(54,55)57-41-40-49(3,4)5)42-56-47(52)39-35-37-46(51)45(50)36-33-31-29-27-25-19-17-15-13-11-9-7-2/h14-17,20-21,23-25,27,31,33,44-46,50-51H,6-13,18-19,22,26,28-30,32,34-43H2,1-5H3/p+1/b16-14-,17-15-,21-20-,24-23-,27-25-,33-31-/t44-,45?,46?/m1/s1. The molecule has 0 amide bonds. The first-order valence-electron chi connectivity index (χ1n) is 22.8. The van der Waals surface area contributed by atoms with E-state index >= 15 is 0 Å². The highest BCUT2D eigenvalue weighted by atomic mass is 31.2. The van der Waals surface area contributed by atoms with Gasteiger partial charge >= 0.3 is 19.8 Å². The van der Waals surface area contributed by atoms with E-state index < -0.39 is 44.7 Å². The van der Waals surface area contributed by atoms with Gasteiger partial charge in [-0.3, -0.25) is 18.6 Å². The summed E-state index contributed by atoms with van der Waals surface area (Å²) in [4.78, 5) is 35.5. The van der Waals surface area contributed by atoms with Gasteiger partial charge in [0.05, 0.1) is 40.0 Å². The molecule has 346 valence electrons. The number of likely N-dealkylation sites (N-methyl/N-ethyl adjacent to an activating group) is 1. The number of phosphoric acid groups is 1. The number of quaternary nitrogens is 1. The zero-order chi connectivity index (χ0) is 44.6. The van der Waals surface area contributed by atoms with E-state index in [0.29, 0.717) is 23.9 Å². The summed E-state index contributed by atoms with van der Waals surface area (Å²) < 4.78 is 34.1. The van der Waals surface area contributed by atoms with Crippen molar-refractivity contribution in [3.63, 3.8) is 0 Å². The smallest absolute Gasteiger partial charge is 0.462 e.